The first-order valence-corrected chi connectivity index (χ1v) is 12.8. The minimum Gasteiger partial charge on any atom is -0.197 e. The van der Waals surface area contributed by atoms with E-state index in [9.17, 15) is 0 Å². The Hall–Kier alpha value is -2.16. The van der Waals surface area contributed by atoms with Gasteiger partial charge in [-0.1, -0.05) is 108 Å². The molecule has 3 nitrogen and oxygen atoms in total. The average molecular weight is 420 g/mol. The lowest BCUT2D eigenvalue weighted by atomic mass is 9.89. The molecule has 0 aliphatic rings. The van der Waals surface area contributed by atoms with Crippen molar-refractivity contribution < 1.29 is 0 Å². The van der Waals surface area contributed by atoms with Gasteiger partial charge in [0, 0.05) is 5.56 Å². The predicted octanol–water partition coefficient (Wildman–Crippen LogP) is 8.43. The summed E-state index contributed by atoms with van der Waals surface area (Å²) in [7, 11) is 0. The number of aryl methyl sites for hydroxylation is 2. The van der Waals surface area contributed by atoms with E-state index >= 15 is 0 Å². The summed E-state index contributed by atoms with van der Waals surface area (Å²) in [4.78, 5) is 0. The lowest BCUT2D eigenvalue weighted by molar-refractivity contribution is 0.607. The zero-order valence-corrected chi connectivity index (χ0v) is 19.8. The quantitative estimate of drug-likeness (QED) is 0.251. The van der Waals surface area contributed by atoms with Crippen molar-refractivity contribution >= 4 is 11.0 Å². The molecule has 168 valence electrons. The molecule has 1 aromatic heterocycles. The molecule has 0 saturated heterocycles. The minimum atomic E-state index is 0.969. The first-order valence-electron chi connectivity index (χ1n) is 12.8. The SMILES string of the molecule is CCCCCCCCc1ccccc1-c1c(CCCCCCCC)ccc2n[nH]nc12. The third-order valence-corrected chi connectivity index (χ3v) is 6.46. The normalized spacial score (nSPS) is 11.4. The maximum atomic E-state index is 4.56. The number of nitrogens with zero attached hydrogens (tertiary/aromatic N) is 2. The number of hydrogen-bond acceptors (Lipinski definition) is 2. The van der Waals surface area contributed by atoms with Gasteiger partial charge in [-0.2, -0.15) is 15.4 Å². The smallest absolute Gasteiger partial charge is 0.121 e. The first-order chi connectivity index (χ1) is 15.3. The number of aromatic amines is 1. The van der Waals surface area contributed by atoms with Crippen LogP contribution in [0.15, 0.2) is 36.4 Å². The number of benzene rings is 2. The van der Waals surface area contributed by atoms with E-state index < -0.39 is 0 Å². The van der Waals surface area contributed by atoms with Gasteiger partial charge in [0.25, 0.3) is 0 Å². The van der Waals surface area contributed by atoms with Crippen LogP contribution in [0, 0.1) is 0 Å². The van der Waals surface area contributed by atoms with Crippen LogP contribution in [0.2, 0.25) is 0 Å². The first kappa shape index (κ1) is 23.5. The third-order valence-electron chi connectivity index (χ3n) is 6.46. The van der Waals surface area contributed by atoms with Gasteiger partial charge in [-0.25, -0.2) is 0 Å². The van der Waals surface area contributed by atoms with Crippen molar-refractivity contribution in [2.24, 2.45) is 0 Å². The van der Waals surface area contributed by atoms with Crippen molar-refractivity contribution in [1.82, 2.24) is 15.4 Å². The summed E-state index contributed by atoms with van der Waals surface area (Å²) >= 11 is 0. The Morgan fingerprint density at radius 3 is 1.94 bits per heavy atom. The molecule has 0 spiro atoms. The summed E-state index contributed by atoms with van der Waals surface area (Å²) < 4.78 is 0. The highest BCUT2D eigenvalue weighted by molar-refractivity contribution is 5.94. The van der Waals surface area contributed by atoms with Crippen molar-refractivity contribution in [2.45, 2.75) is 104 Å². The topological polar surface area (TPSA) is 41.6 Å². The molecule has 1 N–H and O–H groups in total. The van der Waals surface area contributed by atoms with Crippen molar-refractivity contribution in [2.75, 3.05) is 0 Å². The molecule has 0 atom stereocenters. The highest BCUT2D eigenvalue weighted by Crippen LogP contribution is 2.34. The number of aromatic nitrogens is 3. The molecular formula is C28H41N3. The van der Waals surface area contributed by atoms with Gasteiger partial charge < -0.3 is 0 Å². The molecule has 0 saturated carbocycles. The van der Waals surface area contributed by atoms with Gasteiger partial charge in [-0.15, -0.1) is 0 Å². The number of fused-ring (bicyclic) bond motifs is 1. The molecule has 3 heteroatoms. The zero-order chi connectivity index (χ0) is 21.7. The van der Waals surface area contributed by atoms with E-state index in [4.69, 9.17) is 0 Å². The zero-order valence-electron chi connectivity index (χ0n) is 19.8. The lowest BCUT2D eigenvalue weighted by Crippen LogP contribution is -1.97. The molecule has 0 radical (unpaired) electrons. The van der Waals surface area contributed by atoms with E-state index in [2.05, 4.69) is 65.7 Å². The van der Waals surface area contributed by atoms with Crippen LogP contribution in [0.25, 0.3) is 22.2 Å². The molecular weight excluding hydrogens is 378 g/mol. The molecule has 0 amide bonds. The van der Waals surface area contributed by atoms with E-state index in [1.807, 2.05) is 0 Å². The molecule has 1 heterocycles. The summed E-state index contributed by atoms with van der Waals surface area (Å²) in [6, 6.07) is 13.4. The van der Waals surface area contributed by atoms with Gasteiger partial charge in [0.1, 0.15) is 11.0 Å². The second-order valence-electron chi connectivity index (χ2n) is 8.98. The Morgan fingerprint density at radius 2 is 1.23 bits per heavy atom. The summed E-state index contributed by atoms with van der Waals surface area (Å²) in [6.07, 6.45) is 18.2. The third kappa shape index (κ3) is 6.92. The molecule has 2 aromatic carbocycles. The molecule has 0 aliphatic heterocycles. The van der Waals surface area contributed by atoms with Crippen LogP contribution < -0.4 is 0 Å². The van der Waals surface area contributed by atoms with Crippen LogP contribution in [0.1, 0.15) is 102 Å². The maximum Gasteiger partial charge on any atom is 0.121 e. The molecule has 0 fully saturated rings. The van der Waals surface area contributed by atoms with E-state index in [1.165, 1.54) is 99.3 Å². The number of nitrogens with one attached hydrogen (secondary N) is 1. The molecule has 0 bridgehead atoms. The highest BCUT2D eigenvalue weighted by Gasteiger charge is 2.15. The van der Waals surface area contributed by atoms with Crippen LogP contribution in [-0.2, 0) is 12.8 Å². The van der Waals surface area contributed by atoms with Gasteiger partial charge in [-0.05, 0) is 48.4 Å². The Kier molecular flexibility index (Phi) is 10.1. The Balaban J connectivity index is 1.75. The number of unbranched alkanes of at least 4 members (excludes halogenated alkanes) is 10. The fraction of sp³-hybridized carbons (Fsp3) is 0.571. The van der Waals surface area contributed by atoms with Gasteiger partial charge >= 0.3 is 0 Å². The highest BCUT2D eigenvalue weighted by atomic mass is 15.3. The summed E-state index contributed by atoms with van der Waals surface area (Å²) in [6.45, 7) is 4.56. The van der Waals surface area contributed by atoms with Crippen LogP contribution in [-0.4, -0.2) is 15.4 Å². The molecule has 0 unspecified atom stereocenters. The van der Waals surface area contributed by atoms with Gasteiger partial charge in [-0.3, -0.25) is 0 Å². The van der Waals surface area contributed by atoms with Crippen LogP contribution in [0.3, 0.4) is 0 Å². The minimum absolute atomic E-state index is 0.969. The van der Waals surface area contributed by atoms with E-state index in [1.54, 1.807) is 0 Å². The van der Waals surface area contributed by atoms with Crippen LogP contribution in [0.4, 0.5) is 0 Å². The van der Waals surface area contributed by atoms with Crippen molar-refractivity contribution in [3.8, 4) is 11.1 Å². The molecule has 0 aliphatic carbocycles. The molecule has 3 rings (SSSR count). The average Bonchev–Trinajstić information content (AvgIpc) is 3.27. The number of H-pyrrole nitrogens is 1. The predicted molar refractivity (Wildman–Crippen MR) is 133 cm³/mol. The Morgan fingerprint density at radius 1 is 0.613 bits per heavy atom. The van der Waals surface area contributed by atoms with E-state index in [0.717, 1.165) is 23.9 Å². The largest absolute Gasteiger partial charge is 0.197 e. The molecule has 3 aromatic rings. The van der Waals surface area contributed by atoms with Gasteiger partial charge in [0.05, 0.1) is 0 Å². The van der Waals surface area contributed by atoms with Crippen molar-refractivity contribution in [3.05, 3.63) is 47.5 Å². The lowest BCUT2D eigenvalue weighted by Gasteiger charge is -2.15. The fourth-order valence-electron chi connectivity index (χ4n) is 4.64. The Labute approximate surface area is 189 Å². The summed E-state index contributed by atoms with van der Waals surface area (Å²) in [5.74, 6) is 0. The Bertz CT molecular complexity index is 896. The second kappa shape index (κ2) is 13.3. The fourth-order valence-corrected chi connectivity index (χ4v) is 4.64. The van der Waals surface area contributed by atoms with E-state index in [0.29, 0.717) is 0 Å². The summed E-state index contributed by atoms with van der Waals surface area (Å²) in [5, 5.41) is 11.8. The monoisotopic (exact) mass is 419 g/mol. The van der Waals surface area contributed by atoms with Crippen molar-refractivity contribution in [1.29, 1.82) is 0 Å². The standard InChI is InChI=1S/C28H41N3/c1-3-5-7-9-11-13-17-23-18-15-16-20-25(23)27-24(19-14-12-10-8-6-4-2)21-22-26-28(27)30-31-29-26/h15-16,18,20-22H,3-14,17,19H2,1-2H3,(H,29,30,31). The number of hydrogen-bond donors (Lipinski definition) is 1. The number of rotatable bonds is 15. The molecule has 31 heavy (non-hydrogen) atoms. The van der Waals surface area contributed by atoms with Gasteiger partial charge in [0.15, 0.2) is 0 Å². The van der Waals surface area contributed by atoms with Crippen molar-refractivity contribution in [3.63, 3.8) is 0 Å². The second-order valence-corrected chi connectivity index (χ2v) is 8.98. The summed E-state index contributed by atoms with van der Waals surface area (Å²) in [5.41, 5.74) is 7.54. The maximum absolute atomic E-state index is 4.56. The van der Waals surface area contributed by atoms with Crippen LogP contribution in [0.5, 0.6) is 0 Å². The van der Waals surface area contributed by atoms with Gasteiger partial charge in [0.2, 0.25) is 0 Å². The van der Waals surface area contributed by atoms with E-state index in [-0.39, 0.29) is 0 Å². The van der Waals surface area contributed by atoms with Crippen LogP contribution >= 0.6 is 0 Å².